The van der Waals surface area contributed by atoms with Gasteiger partial charge in [0, 0.05) is 26.2 Å². The van der Waals surface area contributed by atoms with E-state index in [1.165, 1.54) is 15.2 Å². The fourth-order valence-electron chi connectivity index (χ4n) is 3.31. The highest BCUT2D eigenvalue weighted by atomic mass is 32.2. The Hall–Kier alpha value is -2.76. The van der Waals surface area contributed by atoms with Crippen molar-refractivity contribution in [3.8, 4) is 5.69 Å². The molecular weight excluding hydrogens is 422 g/mol. The van der Waals surface area contributed by atoms with E-state index in [9.17, 15) is 18.0 Å². The molecule has 1 aromatic carbocycles. The van der Waals surface area contributed by atoms with Crippen molar-refractivity contribution in [3.63, 3.8) is 0 Å². The second-order valence-corrected chi connectivity index (χ2v) is 9.26. The lowest BCUT2D eigenvalue weighted by Crippen LogP contribution is -2.50. The minimum atomic E-state index is -3.23. The van der Waals surface area contributed by atoms with Gasteiger partial charge < -0.3 is 10.1 Å². The maximum Gasteiger partial charge on any atom is 0.343 e. The molecule has 2 aromatic rings. The Labute approximate surface area is 181 Å². The molecule has 10 nitrogen and oxygen atoms in total. The fourth-order valence-corrected chi connectivity index (χ4v) is 4.40. The van der Waals surface area contributed by atoms with Crippen molar-refractivity contribution in [1.29, 1.82) is 0 Å². The number of hydrogen-bond donors (Lipinski definition) is 1. The molecule has 2 heterocycles. The summed E-state index contributed by atoms with van der Waals surface area (Å²) in [5.74, 6) is -0.594. The zero-order valence-electron chi connectivity index (χ0n) is 17.7. The summed E-state index contributed by atoms with van der Waals surface area (Å²) >= 11 is 0. The van der Waals surface area contributed by atoms with Crippen molar-refractivity contribution in [3.05, 3.63) is 42.1 Å². The lowest BCUT2D eigenvalue weighted by molar-refractivity contribution is -0.117. The highest BCUT2D eigenvalue weighted by Crippen LogP contribution is 2.21. The molecule has 1 aliphatic rings. The van der Waals surface area contributed by atoms with Gasteiger partial charge in [-0.1, -0.05) is 18.2 Å². The number of aromatic nitrogens is 2. The van der Waals surface area contributed by atoms with E-state index in [2.05, 4.69) is 10.4 Å². The highest BCUT2D eigenvalue weighted by molar-refractivity contribution is 7.89. The van der Waals surface area contributed by atoms with Gasteiger partial charge in [-0.2, -0.15) is 9.40 Å². The van der Waals surface area contributed by atoms with Gasteiger partial charge in [-0.25, -0.2) is 17.9 Å². The van der Waals surface area contributed by atoms with Crippen LogP contribution in [0.25, 0.3) is 5.69 Å². The number of rotatable bonds is 8. The van der Waals surface area contributed by atoms with Crippen molar-refractivity contribution in [1.82, 2.24) is 19.0 Å². The molecule has 168 valence electrons. The maximum absolute atomic E-state index is 12.8. The predicted octanol–water partition coefficient (Wildman–Crippen LogP) is 0.955. The van der Waals surface area contributed by atoms with Gasteiger partial charge in [0.25, 0.3) is 0 Å². The van der Waals surface area contributed by atoms with Gasteiger partial charge in [0.05, 0.1) is 30.8 Å². The Balaban J connectivity index is 1.72. The van der Waals surface area contributed by atoms with Gasteiger partial charge in [-0.3, -0.25) is 9.69 Å². The van der Waals surface area contributed by atoms with Gasteiger partial charge in [0.15, 0.2) is 5.82 Å². The molecule has 1 aliphatic heterocycles. The van der Waals surface area contributed by atoms with Gasteiger partial charge in [-0.15, -0.1) is 0 Å². The van der Waals surface area contributed by atoms with Gasteiger partial charge in [0.2, 0.25) is 15.9 Å². The molecule has 0 bridgehead atoms. The number of esters is 1. The van der Waals surface area contributed by atoms with Crippen molar-refractivity contribution >= 4 is 27.7 Å². The first-order valence-electron chi connectivity index (χ1n) is 10.2. The summed E-state index contributed by atoms with van der Waals surface area (Å²) < 4.78 is 32.0. The fraction of sp³-hybridized carbons (Fsp3) is 0.450. The molecule has 1 amide bonds. The zero-order valence-corrected chi connectivity index (χ0v) is 18.5. The summed E-state index contributed by atoms with van der Waals surface area (Å²) in [6, 6.07) is 9.14. The first kappa shape index (κ1) is 22.9. The second kappa shape index (κ2) is 10.0. The van der Waals surface area contributed by atoms with Crippen LogP contribution in [0.2, 0.25) is 0 Å². The quantitative estimate of drug-likeness (QED) is 0.597. The molecule has 31 heavy (non-hydrogen) atoms. The van der Waals surface area contributed by atoms with Crippen molar-refractivity contribution in [2.45, 2.75) is 13.8 Å². The number of hydrogen-bond acceptors (Lipinski definition) is 7. The van der Waals surface area contributed by atoms with Gasteiger partial charge in [-0.05, 0) is 26.0 Å². The first-order chi connectivity index (χ1) is 14.9. The Kier molecular flexibility index (Phi) is 7.42. The van der Waals surface area contributed by atoms with Crippen molar-refractivity contribution in [2.24, 2.45) is 0 Å². The summed E-state index contributed by atoms with van der Waals surface area (Å²) in [5.41, 5.74) is 0.852. The van der Waals surface area contributed by atoms with Crippen molar-refractivity contribution < 1.29 is 22.7 Å². The summed E-state index contributed by atoms with van der Waals surface area (Å²) in [6.45, 7) is 5.20. The molecule has 1 fully saturated rings. The number of nitrogens with one attached hydrogen (secondary N) is 1. The van der Waals surface area contributed by atoms with E-state index in [0.29, 0.717) is 31.9 Å². The molecule has 1 saturated heterocycles. The van der Waals surface area contributed by atoms with Crippen LogP contribution < -0.4 is 5.32 Å². The molecule has 0 radical (unpaired) electrons. The molecule has 0 atom stereocenters. The normalized spacial score (nSPS) is 15.5. The minimum Gasteiger partial charge on any atom is -0.462 e. The van der Waals surface area contributed by atoms with Crippen LogP contribution in [-0.2, 0) is 19.6 Å². The standard InChI is InChI=1S/C20H27N5O5S/c1-3-30-20(27)17-14-21-25(16-8-6-5-7-9-16)19(17)22-18(26)15-23-10-12-24(13-11-23)31(28,29)4-2/h5-9,14H,3-4,10-13,15H2,1-2H3,(H,22,26). The number of anilines is 1. The molecule has 0 saturated carbocycles. The molecule has 0 unspecified atom stereocenters. The lowest BCUT2D eigenvalue weighted by atomic mass is 10.3. The third-order valence-corrected chi connectivity index (χ3v) is 6.86. The average Bonchev–Trinajstić information content (AvgIpc) is 3.18. The van der Waals surface area contributed by atoms with Crippen molar-refractivity contribution in [2.75, 3.05) is 50.4 Å². The second-order valence-electron chi connectivity index (χ2n) is 7.00. The van der Waals surface area contributed by atoms with E-state index in [1.807, 2.05) is 35.2 Å². The number of benzene rings is 1. The number of carbonyl (C=O) groups is 2. The van der Waals surface area contributed by atoms with E-state index in [1.54, 1.807) is 13.8 Å². The Morgan fingerprint density at radius 2 is 1.77 bits per heavy atom. The summed E-state index contributed by atoms with van der Waals surface area (Å²) in [6.07, 6.45) is 1.37. The number of nitrogens with zero attached hydrogens (tertiary/aromatic N) is 4. The smallest absolute Gasteiger partial charge is 0.343 e. The number of para-hydroxylation sites is 1. The van der Waals surface area contributed by atoms with Crippen LogP contribution in [0.5, 0.6) is 0 Å². The third-order valence-electron chi connectivity index (χ3n) is 4.98. The van der Waals surface area contributed by atoms with Gasteiger partial charge >= 0.3 is 5.97 Å². The summed E-state index contributed by atoms with van der Waals surface area (Å²) in [4.78, 5) is 27.0. The van der Waals surface area contributed by atoms with Crippen LogP contribution >= 0.6 is 0 Å². The zero-order chi connectivity index (χ0) is 22.4. The van der Waals surface area contributed by atoms with Crippen LogP contribution in [0.1, 0.15) is 24.2 Å². The molecule has 0 aliphatic carbocycles. The van der Waals surface area contributed by atoms with Crippen LogP contribution in [0.4, 0.5) is 5.82 Å². The van der Waals surface area contributed by atoms with E-state index in [4.69, 9.17) is 4.74 Å². The number of carbonyl (C=O) groups excluding carboxylic acids is 2. The van der Waals surface area contributed by atoms with Crippen LogP contribution in [-0.4, -0.2) is 84.4 Å². The highest BCUT2D eigenvalue weighted by Gasteiger charge is 2.27. The van der Waals surface area contributed by atoms with E-state index < -0.39 is 16.0 Å². The molecule has 11 heteroatoms. The average molecular weight is 450 g/mol. The molecule has 1 N–H and O–H groups in total. The van der Waals surface area contributed by atoms with E-state index >= 15 is 0 Å². The molecule has 1 aromatic heterocycles. The van der Waals surface area contributed by atoms with Crippen LogP contribution in [0.3, 0.4) is 0 Å². The number of amides is 1. The Bertz CT molecular complexity index is 1010. The lowest BCUT2D eigenvalue weighted by Gasteiger charge is -2.33. The number of ether oxygens (including phenoxy) is 1. The molecule has 3 rings (SSSR count). The SMILES string of the molecule is CCOC(=O)c1cnn(-c2ccccc2)c1NC(=O)CN1CCN(S(=O)(=O)CC)CC1. The molecule has 0 spiro atoms. The number of sulfonamides is 1. The Morgan fingerprint density at radius 1 is 1.10 bits per heavy atom. The monoisotopic (exact) mass is 449 g/mol. The van der Waals surface area contributed by atoms with Crippen LogP contribution in [0.15, 0.2) is 36.5 Å². The maximum atomic E-state index is 12.8. The molecular formula is C20H27N5O5S. The largest absolute Gasteiger partial charge is 0.462 e. The summed E-state index contributed by atoms with van der Waals surface area (Å²) in [5, 5.41) is 7.03. The topological polar surface area (TPSA) is 114 Å². The first-order valence-corrected chi connectivity index (χ1v) is 11.8. The van der Waals surface area contributed by atoms with Crippen LogP contribution in [0, 0.1) is 0 Å². The third kappa shape index (κ3) is 5.49. The number of piperazine rings is 1. The van der Waals surface area contributed by atoms with E-state index in [0.717, 1.165) is 0 Å². The minimum absolute atomic E-state index is 0.0631. The van der Waals surface area contributed by atoms with E-state index in [-0.39, 0.29) is 36.2 Å². The van der Waals surface area contributed by atoms with Gasteiger partial charge in [0.1, 0.15) is 5.56 Å². The Morgan fingerprint density at radius 3 is 2.39 bits per heavy atom. The predicted molar refractivity (Wildman–Crippen MR) is 116 cm³/mol. The summed E-state index contributed by atoms with van der Waals surface area (Å²) in [7, 11) is -3.23.